The van der Waals surface area contributed by atoms with Crippen molar-refractivity contribution in [2.24, 2.45) is 0 Å². The monoisotopic (exact) mass is 329 g/mol. The first-order chi connectivity index (χ1) is 10.9. The Kier molecular flexibility index (Phi) is 4.17. The van der Waals surface area contributed by atoms with Crippen LogP contribution in [0.4, 0.5) is 0 Å². The van der Waals surface area contributed by atoms with E-state index in [0.29, 0.717) is 5.69 Å². The number of fused-ring (bicyclic) bond motifs is 1. The van der Waals surface area contributed by atoms with Gasteiger partial charge in [-0.1, -0.05) is 11.2 Å². The van der Waals surface area contributed by atoms with Gasteiger partial charge >= 0.3 is 0 Å². The van der Waals surface area contributed by atoms with Gasteiger partial charge in [-0.3, -0.25) is 4.79 Å². The molecule has 0 spiro atoms. The molecule has 2 aromatic heterocycles. The molecule has 0 saturated heterocycles. The van der Waals surface area contributed by atoms with E-state index >= 15 is 0 Å². The van der Waals surface area contributed by atoms with Gasteiger partial charge in [-0.25, -0.2) is 4.98 Å². The molecular formula is C17H19N3O2S. The molecule has 1 amide bonds. The number of carbonyl (C=O) groups excluding carboxylic acids is 1. The van der Waals surface area contributed by atoms with Crippen molar-refractivity contribution in [1.29, 1.82) is 0 Å². The molecule has 5 nitrogen and oxygen atoms in total. The number of amides is 1. The summed E-state index contributed by atoms with van der Waals surface area (Å²) in [5.74, 6) is -0.0856. The highest BCUT2D eigenvalue weighted by atomic mass is 32.1. The summed E-state index contributed by atoms with van der Waals surface area (Å²) in [6.45, 7) is 7.89. The summed E-state index contributed by atoms with van der Waals surface area (Å²) >= 11 is 1.58. The molecule has 0 radical (unpaired) electrons. The number of hydrogen-bond acceptors (Lipinski definition) is 5. The van der Waals surface area contributed by atoms with Crippen molar-refractivity contribution in [2.75, 3.05) is 0 Å². The molecular weight excluding hydrogens is 310 g/mol. The van der Waals surface area contributed by atoms with Crippen molar-refractivity contribution in [3.05, 3.63) is 45.0 Å². The molecule has 1 aromatic carbocycles. The number of aromatic nitrogens is 2. The first-order valence-corrected chi connectivity index (χ1v) is 8.39. The second kappa shape index (κ2) is 6.12. The Morgan fingerprint density at radius 2 is 2.13 bits per heavy atom. The van der Waals surface area contributed by atoms with Crippen LogP contribution in [-0.2, 0) is 11.2 Å². The highest BCUT2D eigenvalue weighted by Gasteiger charge is 2.17. The van der Waals surface area contributed by atoms with Crippen LogP contribution < -0.4 is 5.32 Å². The first-order valence-electron chi connectivity index (χ1n) is 7.51. The second-order valence-electron chi connectivity index (χ2n) is 5.85. The Balaban J connectivity index is 1.75. The van der Waals surface area contributed by atoms with Gasteiger partial charge in [-0.2, -0.15) is 0 Å². The maximum absolute atomic E-state index is 12.3. The maximum atomic E-state index is 12.3. The SMILES string of the molecule is Cc1cc(C)c2onc(CC(=O)NC(C)c3csc(C)n3)c2c1. The largest absolute Gasteiger partial charge is 0.356 e. The molecule has 3 rings (SSSR count). The highest BCUT2D eigenvalue weighted by Crippen LogP contribution is 2.24. The van der Waals surface area contributed by atoms with E-state index in [9.17, 15) is 4.79 Å². The Morgan fingerprint density at radius 1 is 1.35 bits per heavy atom. The third kappa shape index (κ3) is 3.27. The number of aryl methyl sites for hydroxylation is 3. The molecule has 6 heteroatoms. The number of nitrogens with one attached hydrogen (secondary N) is 1. The van der Waals surface area contributed by atoms with Gasteiger partial charge in [0.25, 0.3) is 0 Å². The molecule has 3 aromatic rings. The predicted octanol–water partition coefficient (Wildman–Crippen LogP) is 3.63. The van der Waals surface area contributed by atoms with Crippen molar-refractivity contribution in [1.82, 2.24) is 15.5 Å². The van der Waals surface area contributed by atoms with Crippen LogP contribution in [0.15, 0.2) is 22.0 Å². The van der Waals surface area contributed by atoms with Crippen LogP contribution >= 0.6 is 11.3 Å². The van der Waals surface area contributed by atoms with Gasteiger partial charge in [0, 0.05) is 10.8 Å². The molecule has 0 saturated carbocycles. The number of nitrogens with zero attached hydrogens (tertiary/aromatic N) is 2. The van der Waals surface area contributed by atoms with Crippen LogP contribution in [0.1, 0.15) is 40.5 Å². The molecule has 120 valence electrons. The van der Waals surface area contributed by atoms with E-state index in [2.05, 4.69) is 15.5 Å². The van der Waals surface area contributed by atoms with Crippen molar-refractivity contribution in [2.45, 2.75) is 40.2 Å². The smallest absolute Gasteiger partial charge is 0.226 e. The minimum atomic E-state index is -0.117. The average molecular weight is 329 g/mol. The quantitative estimate of drug-likeness (QED) is 0.793. The molecule has 23 heavy (non-hydrogen) atoms. The lowest BCUT2D eigenvalue weighted by molar-refractivity contribution is -0.121. The van der Waals surface area contributed by atoms with E-state index in [4.69, 9.17) is 4.52 Å². The summed E-state index contributed by atoms with van der Waals surface area (Å²) in [7, 11) is 0. The molecule has 0 aliphatic heterocycles. The Hall–Kier alpha value is -2.21. The number of benzene rings is 1. The third-order valence-electron chi connectivity index (χ3n) is 3.76. The van der Waals surface area contributed by atoms with Crippen LogP contribution in [0.2, 0.25) is 0 Å². The Morgan fingerprint density at radius 3 is 2.83 bits per heavy atom. The Bertz CT molecular complexity index is 866. The van der Waals surface area contributed by atoms with Crippen molar-refractivity contribution in [3.8, 4) is 0 Å². The van der Waals surface area contributed by atoms with Gasteiger partial charge in [-0.15, -0.1) is 11.3 Å². The van der Waals surface area contributed by atoms with Crippen LogP contribution in [0, 0.1) is 20.8 Å². The van der Waals surface area contributed by atoms with Gasteiger partial charge in [0.05, 0.1) is 23.2 Å². The fraction of sp³-hybridized carbons (Fsp3) is 0.353. The average Bonchev–Trinajstić information content (AvgIpc) is 3.06. The fourth-order valence-electron chi connectivity index (χ4n) is 2.66. The van der Waals surface area contributed by atoms with E-state index < -0.39 is 0 Å². The standard InChI is InChI=1S/C17H19N3O2S/c1-9-5-10(2)17-13(6-9)14(20-22-17)7-16(21)18-11(3)15-8-23-12(4)19-15/h5-6,8,11H,7H2,1-4H3,(H,18,21). The molecule has 2 heterocycles. The number of hydrogen-bond donors (Lipinski definition) is 1. The van der Waals surface area contributed by atoms with Crippen molar-refractivity contribution in [3.63, 3.8) is 0 Å². The van der Waals surface area contributed by atoms with E-state index in [0.717, 1.165) is 32.8 Å². The Labute approximate surface area is 138 Å². The van der Waals surface area contributed by atoms with Gasteiger partial charge < -0.3 is 9.84 Å². The molecule has 1 atom stereocenters. The van der Waals surface area contributed by atoms with Crippen molar-refractivity contribution >= 4 is 28.2 Å². The minimum absolute atomic E-state index is 0.0856. The molecule has 1 unspecified atom stereocenters. The first kappa shape index (κ1) is 15.7. The van der Waals surface area contributed by atoms with Gasteiger partial charge in [0.1, 0.15) is 5.69 Å². The molecule has 0 aliphatic rings. The zero-order valence-electron chi connectivity index (χ0n) is 13.6. The zero-order valence-corrected chi connectivity index (χ0v) is 14.5. The normalized spacial score (nSPS) is 12.5. The lowest BCUT2D eigenvalue weighted by Gasteiger charge is -2.10. The number of rotatable bonds is 4. The van der Waals surface area contributed by atoms with E-state index in [-0.39, 0.29) is 18.4 Å². The number of thiazole rings is 1. The molecule has 0 aliphatic carbocycles. The second-order valence-corrected chi connectivity index (χ2v) is 6.91. The topological polar surface area (TPSA) is 68.0 Å². The van der Waals surface area contributed by atoms with E-state index in [1.165, 1.54) is 0 Å². The van der Waals surface area contributed by atoms with Crippen LogP contribution in [0.25, 0.3) is 11.0 Å². The van der Waals surface area contributed by atoms with Gasteiger partial charge in [0.15, 0.2) is 5.58 Å². The third-order valence-corrected chi connectivity index (χ3v) is 4.55. The van der Waals surface area contributed by atoms with Gasteiger partial charge in [-0.05, 0) is 44.9 Å². The maximum Gasteiger partial charge on any atom is 0.226 e. The van der Waals surface area contributed by atoms with Crippen LogP contribution in [0.3, 0.4) is 0 Å². The summed E-state index contributed by atoms with van der Waals surface area (Å²) < 4.78 is 5.39. The lowest BCUT2D eigenvalue weighted by Crippen LogP contribution is -2.28. The molecule has 1 N–H and O–H groups in total. The minimum Gasteiger partial charge on any atom is -0.356 e. The zero-order chi connectivity index (χ0) is 16.6. The van der Waals surface area contributed by atoms with E-state index in [1.54, 1.807) is 11.3 Å². The lowest BCUT2D eigenvalue weighted by atomic mass is 10.1. The van der Waals surface area contributed by atoms with Crippen LogP contribution in [-0.4, -0.2) is 16.0 Å². The van der Waals surface area contributed by atoms with E-state index in [1.807, 2.05) is 45.2 Å². The highest BCUT2D eigenvalue weighted by molar-refractivity contribution is 7.09. The predicted molar refractivity (Wildman–Crippen MR) is 90.6 cm³/mol. The molecule has 0 fully saturated rings. The summed E-state index contributed by atoms with van der Waals surface area (Å²) in [6, 6.07) is 3.94. The number of carbonyl (C=O) groups is 1. The summed E-state index contributed by atoms with van der Waals surface area (Å²) in [5, 5.41) is 10.9. The summed E-state index contributed by atoms with van der Waals surface area (Å²) in [6.07, 6.45) is 0.198. The summed E-state index contributed by atoms with van der Waals surface area (Å²) in [5.41, 5.74) is 4.47. The fourth-order valence-corrected chi connectivity index (χ4v) is 3.37. The summed E-state index contributed by atoms with van der Waals surface area (Å²) in [4.78, 5) is 16.7. The van der Waals surface area contributed by atoms with Crippen LogP contribution in [0.5, 0.6) is 0 Å². The molecule has 0 bridgehead atoms. The van der Waals surface area contributed by atoms with Crippen molar-refractivity contribution < 1.29 is 9.32 Å². The van der Waals surface area contributed by atoms with Gasteiger partial charge in [0.2, 0.25) is 5.91 Å².